The van der Waals surface area contributed by atoms with Crippen LogP contribution in [0.25, 0.3) is 0 Å². The van der Waals surface area contributed by atoms with E-state index in [2.05, 4.69) is 5.32 Å². The number of phenols is 2. The van der Waals surface area contributed by atoms with Gasteiger partial charge in [0.05, 0.1) is 6.10 Å². The zero-order valence-electron chi connectivity index (χ0n) is 10.6. The molecule has 18 heavy (non-hydrogen) atoms. The van der Waals surface area contributed by atoms with Gasteiger partial charge in [0.2, 0.25) is 0 Å². The van der Waals surface area contributed by atoms with Crippen LogP contribution in [0.3, 0.4) is 0 Å². The van der Waals surface area contributed by atoms with Gasteiger partial charge in [-0.3, -0.25) is 4.79 Å². The number of rotatable bonds is 5. The Hall–Kier alpha value is -1.75. The van der Waals surface area contributed by atoms with E-state index >= 15 is 0 Å². The number of hydrogen-bond acceptors (Lipinski definition) is 4. The molecule has 0 bridgehead atoms. The molecule has 0 spiro atoms. The first kappa shape index (κ1) is 14.3. The van der Waals surface area contributed by atoms with Crippen molar-refractivity contribution < 1.29 is 20.1 Å². The Morgan fingerprint density at radius 1 is 1.28 bits per heavy atom. The predicted octanol–water partition coefficient (Wildman–Crippen LogP) is 1.23. The molecule has 1 rings (SSSR count). The topological polar surface area (TPSA) is 89.8 Å². The highest BCUT2D eigenvalue weighted by atomic mass is 16.3. The monoisotopic (exact) mass is 253 g/mol. The van der Waals surface area contributed by atoms with E-state index in [0.717, 1.165) is 0 Å². The van der Waals surface area contributed by atoms with E-state index in [-0.39, 0.29) is 23.6 Å². The molecule has 100 valence electrons. The lowest BCUT2D eigenvalue weighted by atomic mass is 10.1. The fourth-order valence-corrected chi connectivity index (χ4v) is 1.69. The van der Waals surface area contributed by atoms with Crippen molar-refractivity contribution in [3.8, 4) is 11.5 Å². The van der Waals surface area contributed by atoms with Crippen molar-refractivity contribution >= 4 is 5.91 Å². The van der Waals surface area contributed by atoms with Crippen molar-refractivity contribution in [2.24, 2.45) is 5.92 Å². The lowest BCUT2D eigenvalue weighted by Gasteiger charge is -2.14. The fourth-order valence-electron chi connectivity index (χ4n) is 1.69. The summed E-state index contributed by atoms with van der Waals surface area (Å²) in [5.74, 6) is -0.847. The van der Waals surface area contributed by atoms with Crippen LogP contribution in [0.5, 0.6) is 11.5 Å². The molecule has 1 aromatic rings. The smallest absolute Gasteiger partial charge is 0.258 e. The summed E-state index contributed by atoms with van der Waals surface area (Å²) in [6, 6.07) is 4.08. The molecule has 1 aromatic carbocycles. The molecular formula is C13H19NO4. The number of hydrogen-bond donors (Lipinski definition) is 4. The van der Waals surface area contributed by atoms with Gasteiger partial charge in [-0.2, -0.15) is 0 Å². The Morgan fingerprint density at radius 3 is 2.33 bits per heavy atom. The minimum Gasteiger partial charge on any atom is -0.507 e. The van der Waals surface area contributed by atoms with Crippen LogP contribution in [0.4, 0.5) is 0 Å². The summed E-state index contributed by atoms with van der Waals surface area (Å²) in [7, 11) is 0. The minimum absolute atomic E-state index is 0.0881. The van der Waals surface area contributed by atoms with Crippen LogP contribution in [-0.2, 0) is 0 Å². The molecule has 0 aliphatic rings. The maximum absolute atomic E-state index is 11.7. The summed E-state index contributed by atoms with van der Waals surface area (Å²) in [4.78, 5) is 11.7. The van der Waals surface area contributed by atoms with Gasteiger partial charge in [-0.25, -0.2) is 0 Å². The molecule has 0 aromatic heterocycles. The second-order valence-corrected chi connectivity index (χ2v) is 4.66. The molecule has 5 nitrogen and oxygen atoms in total. The molecule has 0 aliphatic carbocycles. The van der Waals surface area contributed by atoms with Crippen molar-refractivity contribution in [1.29, 1.82) is 0 Å². The Morgan fingerprint density at radius 2 is 1.83 bits per heavy atom. The zero-order valence-corrected chi connectivity index (χ0v) is 10.6. The minimum atomic E-state index is -0.637. The molecule has 1 amide bonds. The van der Waals surface area contributed by atoms with Crippen LogP contribution in [0.15, 0.2) is 18.2 Å². The van der Waals surface area contributed by atoms with Gasteiger partial charge in [-0.05, 0) is 24.5 Å². The van der Waals surface area contributed by atoms with E-state index in [1.54, 1.807) is 0 Å². The van der Waals surface area contributed by atoms with Crippen LogP contribution >= 0.6 is 0 Å². The SMILES string of the molecule is CC(C)CC(O)CNC(=O)c1c(O)cccc1O. The van der Waals surface area contributed by atoms with Gasteiger partial charge in [0.15, 0.2) is 0 Å². The highest BCUT2D eigenvalue weighted by Gasteiger charge is 2.17. The Labute approximate surface area is 106 Å². The first-order valence-corrected chi connectivity index (χ1v) is 5.89. The van der Waals surface area contributed by atoms with Gasteiger partial charge in [0.25, 0.3) is 5.91 Å². The van der Waals surface area contributed by atoms with Gasteiger partial charge in [0, 0.05) is 6.54 Å². The van der Waals surface area contributed by atoms with Crippen LogP contribution in [0.2, 0.25) is 0 Å². The molecule has 1 unspecified atom stereocenters. The first-order valence-electron chi connectivity index (χ1n) is 5.89. The maximum Gasteiger partial charge on any atom is 0.258 e. The summed E-state index contributed by atoms with van der Waals surface area (Å²) < 4.78 is 0. The number of aromatic hydroxyl groups is 2. The standard InChI is InChI=1S/C13H19NO4/c1-8(2)6-9(15)7-14-13(18)12-10(16)4-3-5-11(12)17/h3-5,8-9,15-17H,6-7H2,1-2H3,(H,14,18). The van der Waals surface area contributed by atoms with Gasteiger partial charge in [0.1, 0.15) is 17.1 Å². The maximum atomic E-state index is 11.7. The molecule has 5 heteroatoms. The Bertz CT molecular complexity index is 397. The molecule has 0 aliphatic heterocycles. The molecule has 1 atom stereocenters. The molecule has 4 N–H and O–H groups in total. The number of aliphatic hydroxyl groups is 1. The van der Waals surface area contributed by atoms with Gasteiger partial charge in [-0.1, -0.05) is 19.9 Å². The molecule has 0 saturated heterocycles. The number of phenolic OH excluding ortho intramolecular Hbond substituents is 2. The largest absolute Gasteiger partial charge is 0.507 e. The van der Waals surface area contributed by atoms with Gasteiger partial charge in [-0.15, -0.1) is 0 Å². The zero-order chi connectivity index (χ0) is 13.7. The van der Waals surface area contributed by atoms with Crippen LogP contribution in [0, 0.1) is 5.92 Å². The van der Waals surface area contributed by atoms with Crippen LogP contribution in [0.1, 0.15) is 30.6 Å². The molecule has 0 fully saturated rings. The van der Waals surface area contributed by atoms with Crippen LogP contribution < -0.4 is 5.32 Å². The fraction of sp³-hybridized carbons (Fsp3) is 0.462. The van der Waals surface area contributed by atoms with Gasteiger partial charge >= 0.3 is 0 Å². The number of carbonyl (C=O) groups excluding carboxylic acids is 1. The normalized spacial score (nSPS) is 12.4. The number of benzene rings is 1. The van der Waals surface area contributed by atoms with E-state index in [1.165, 1.54) is 18.2 Å². The van der Waals surface area contributed by atoms with Crippen molar-refractivity contribution in [2.75, 3.05) is 6.54 Å². The van der Waals surface area contributed by atoms with E-state index < -0.39 is 12.0 Å². The molecule has 0 heterocycles. The Kier molecular flexibility index (Phi) is 4.97. The van der Waals surface area contributed by atoms with E-state index in [4.69, 9.17) is 0 Å². The number of carbonyl (C=O) groups is 1. The van der Waals surface area contributed by atoms with Crippen molar-refractivity contribution in [2.45, 2.75) is 26.4 Å². The summed E-state index contributed by atoms with van der Waals surface area (Å²) in [6.07, 6.45) is -0.0607. The lowest BCUT2D eigenvalue weighted by molar-refractivity contribution is 0.0895. The lowest BCUT2D eigenvalue weighted by Crippen LogP contribution is -2.32. The van der Waals surface area contributed by atoms with E-state index in [0.29, 0.717) is 12.3 Å². The summed E-state index contributed by atoms with van der Waals surface area (Å²) in [6.45, 7) is 4.03. The first-order chi connectivity index (χ1) is 8.41. The van der Waals surface area contributed by atoms with E-state index in [1.807, 2.05) is 13.8 Å². The third-order valence-corrected chi connectivity index (χ3v) is 2.49. The summed E-state index contributed by atoms with van der Waals surface area (Å²) in [5, 5.41) is 31.1. The quantitative estimate of drug-likeness (QED) is 0.635. The van der Waals surface area contributed by atoms with Crippen molar-refractivity contribution in [1.82, 2.24) is 5.32 Å². The number of amides is 1. The number of nitrogens with one attached hydrogen (secondary N) is 1. The average Bonchev–Trinajstić information content (AvgIpc) is 2.25. The van der Waals surface area contributed by atoms with Crippen molar-refractivity contribution in [3.63, 3.8) is 0 Å². The molecule has 0 saturated carbocycles. The molecule has 0 radical (unpaired) electrons. The third-order valence-electron chi connectivity index (χ3n) is 2.49. The van der Waals surface area contributed by atoms with E-state index in [9.17, 15) is 20.1 Å². The highest BCUT2D eigenvalue weighted by Crippen LogP contribution is 2.25. The summed E-state index contributed by atoms with van der Waals surface area (Å²) >= 11 is 0. The third kappa shape index (κ3) is 3.92. The second-order valence-electron chi connectivity index (χ2n) is 4.66. The second kappa shape index (κ2) is 6.26. The average molecular weight is 253 g/mol. The van der Waals surface area contributed by atoms with Crippen molar-refractivity contribution in [3.05, 3.63) is 23.8 Å². The highest BCUT2D eigenvalue weighted by molar-refractivity contribution is 5.99. The predicted molar refractivity (Wildman–Crippen MR) is 67.6 cm³/mol. The number of aliphatic hydroxyl groups excluding tert-OH is 1. The molecular weight excluding hydrogens is 234 g/mol. The summed E-state index contributed by atoms with van der Waals surface area (Å²) in [5.41, 5.74) is -0.172. The van der Waals surface area contributed by atoms with Crippen LogP contribution in [-0.4, -0.2) is 33.9 Å². The van der Waals surface area contributed by atoms with Gasteiger partial charge < -0.3 is 20.6 Å². The Balaban J connectivity index is 2.61.